The van der Waals surface area contributed by atoms with Gasteiger partial charge in [-0.2, -0.15) is 0 Å². The molecule has 310 valence electrons. The number of allylic oxidation sites excluding steroid dienone is 8. The van der Waals surface area contributed by atoms with Crippen LogP contribution in [0.25, 0.3) is 0 Å². The summed E-state index contributed by atoms with van der Waals surface area (Å²) in [5, 5.41) is 0. The molecular formula is C53H84N3+. The fourth-order valence-corrected chi connectivity index (χ4v) is 16.5. The number of nitrogens with zero attached hydrogens (tertiary/aromatic N) is 3. The first-order chi connectivity index (χ1) is 27.2. The van der Waals surface area contributed by atoms with Gasteiger partial charge in [0, 0.05) is 84.2 Å². The van der Waals surface area contributed by atoms with Gasteiger partial charge in [-0.3, -0.25) is 0 Å². The molecule has 3 nitrogen and oxygen atoms in total. The lowest BCUT2D eigenvalue weighted by Crippen LogP contribution is -2.45. The van der Waals surface area contributed by atoms with E-state index in [9.17, 15) is 0 Å². The zero-order chi connectivity index (χ0) is 38.6. The van der Waals surface area contributed by atoms with E-state index in [2.05, 4.69) is 80.2 Å². The second-order valence-electron chi connectivity index (χ2n) is 22.1. The molecular weight excluding hydrogens is 679 g/mol. The van der Waals surface area contributed by atoms with Gasteiger partial charge in [0.25, 0.3) is 0 Å². The predicted octanol–water partition coefficient (Wildman–Crippen LogP) is 13.4. The summed E-state index contributed by atoms with van der Waals surface area (Å²) in [6.45, 7) is 17.9. The van der Waals surface area contributed by atoms with Gasteiger partial charge < -0.3 is 9.80 Å². The maximum Gasteiger partial charge on any atom is 0.206 e. The Labute approximate surface area is 345 Å². The fourth-order valence-electron chi connectivity index (χ4n) is 16.5. The van der Waals surface area contributed by atoms with Crippen molar-refractivity contribution < 1.29 is 4.58 Å². The first-order valence-electron chi connectivity index (χ1n) is 25.3. The first-order valence-corrected chi connectivity index (χ1v) is 25.3. The molecule has 0 N–H and O–H groups in total. The van der Waals surface area contributed by atoms with Gasteiger partial charge in [0.2, 0.25) is 5.71 Å². The fraction of sp³-hybridized carbons (Fsp3) is 0.830. The lowest BCUT2D eigenvalue weighted by Gasteiger charge is -2.47. The Balaban J connectivity index is 1.13. The Hall–Kier alpha value is -1.77. The van der Waals surface area contributed by atoms with Gasteiger partial charge >= 0.3 is 0 Å². The lowest BCUT2D eigenvalue weighted by atomic mass is 9.58. The minimum atomic E-state index is 0.248. The molecule has 2 saturated heterocycles. The van der Waals surface area contributed by atoms with Crippen molar-refractivity contribution in [2.75, 3.05) is 13.1 Å². The van der Waals surface area contributed by atoms with Gasteiger partial charge in [-0.25, -0.2) is 4.58 Å². The van der Waals surface area contributed by atoms with E-state index in [-0.39, 0.29) is 10.8 Å². The summed E-state index contributed by atoms with van der Waals surface area (Å²) in [4.78, 5) is 5.83. The van der Waals surface area contributed by atoms with Crippen LogP contribution < -0.4 is 0 Å². The minimum absolute atomic E-state index is 0.248. The Kier molecular flexibility index (Phi) is 11.6. The van der Waals surface area contributed by atoms with Crippen LogP contribution in [0.3, 0.4) is 0 Å². The molecule has 7 saturated carbocycles. The molecule has 0 radical (unpaired) electrons. The van der Waals surface area contributed by atoms with Crippen LogP contribution in [0.15, 0.2) is 46.8 Å². The highest BCUT2D eigenvalue weighted by atomic mass is 15.2. The van der Waals surface area contributed by atoms with Crippen LogP contribution in [0, 0.1) is 46.3 Å². The van der Waals surface area contributed by atoms with E-state index in [1.165, 1.54) is 154 Å². The van der Waals surface area contributed by atoms with Crippen molar-refractivity contribution in [2.45, 2.75) is 220 Å². The molecule has 0 spiro atoms. The van der Waals surface area contributed by atoms with Crippen molar-refractivity contribution >= 4 is 5.71 Å². The van der Waals surface area contributed by atoms with Crippen LogP contribution >= 0.6 is 0 Å². The molecule has 7 aliphatic carbocycles. The van der Waals surface area contributed by atoms with Gasteiger partial charge in [-0.05, 0) is 139 Å². The summed E-state index contributed by atoms with van der Waals surface area (Å²) in [5.41, 5.74) is 8.88. The van der Waals surface area contributed by atoms with Crippen molar-refractivity contribution in [3.8, 4) is 0 Å². The highest BCUT2D eigenvalue weighted by molar-refractivity contribution is 6.12. The average molecular weight is 763 g/mol. The number of rotatable bonds is 6. The maximum absolute atomic E-state index is 3.13. The third-order valence-electron chi connectivity index (χ3n) is 18.8. The van der Waals surface area contributed by atoms with E-state index in [0.29, 0.717) is 0 Å². The smallest absolute Gasteiger partial charge is 0.206 e. The van der Waals surface area contributed by atoms with Crippen LogP contribution in [0.4, 0.5) is 0 Å². The Morgan fingerprint density at radius 2 is 0.875 bits per heavy atom. The molecule has 9 fully saturated rings. The Morgan fingerprint density at radius 1 is 0.482 bits per heavy atom. The zero-order valence-electron chi connectivity index (χ0n) is 37.3. The van der Waals surface area contributed by atoms with Crippen LogP contribution in [0.5, 0.6) is 0 Å². The number of likely N-dealkylation sites (tertiary alicyclic amines) is 2. The summed E-state index contributed by atoms with van der Waals surface area (Å²) in [6, 6.07) is 2.93. The highest BCUT2D eigenvalue weighted by Crippen LogP contribution is 2.61. The van der Waals surface area contributed by atoms with Crippen molar-refractivity contribution in [3.05, 3.63) is 46.8 Å². The van der Waals surface area contributed by atoms with Gasteiger partial charge in [0.1, 0.15) is 0 Å². The summed E-state index contributed by atoms with van der Waals surface area (Å²) in [6.07, 6.45) is 45.0. The van der Waals surface area contributed by atoms with Crippen molar-refractivity contribution in [1.29, 1.82) is 0 Å². The standard InChI is InChI=1S/C53H84N3/c1-7-54-45-33-29-37-19-15-17-25-43(37)49(45)52(3,4)47(54)35-31-39-27-28-40(51(39)56(41-21-11-9-12-22-41)42-23-13-10-14-24-42)32-36-48-53(5,6)50-44-26-18-16-20-38(44)30-34-46(50)55(48)8-2/h31-32,35-38,41-46,49-50H,7-30,33-34H2,1-6H3/q+1. The number of hydrogen-bond donors (Lipinski definition) is 0. The highest BCUT2D eigenvalue weighted by Gasteiger charge is 2.57. The minimum Gasteiger partial charge on any atom is -0.371 e. The number of hydrogen-bond acceptors (Lipinski definition) is 2. The molecule has 0 aromatic heterocycles. The molecule has 0 aromatic rings. The third kappa shape index (κ3) is 6.87. The molecule has 2 aliphatic heterocycles. The SMILES string of the molecule is CCN1/C(=C/C=C2\CC/C(=C\C=C3\N(CC)C4CCC5CCCCC5C4C3(C)C)C2=[N+](C2CCCCC2)C2CCCCC2)C(C)(C)C2C3CCCCC3CCC21. The molecule has 9 rings (SSSR count). The Morgan fingerprint density at radius 3 is 1.29 bits per heavy atom. The predicted molar refractivity (Wildman–Crippen MR) is 237 cm³/mol. The van der Waals surface area contributed by atoms with Gasteiger partial charge in [0.05, 0.1) is 0 Å². The third-order valence-corrected chi connectivity index (χ3v) is 18.8. The quantitative estimate of drug-likeness (QED) is 0.249. The van der Waals surface area contributed by atoms with Gasteiger partial charge in [-0.1, -0.05) is 91.2 Å². The normalized spacial score (nSPS) is 40.4. The second-order valence-corrected chi connectivity index (χ2v) is 22.1. The lowest BCUT2D eigenvalue weighted by molar-refractivity contribution is -0.607. The summed E-state index contributed by atoms with van der Waals surface area (Å²) >= 11 is 0. The molecule has 0 bridgehead atoms. The summed E-state index contributed by atoms with van der Waals surface area (Å²) < 4.78 is 3.13. The van der Waals surface area contributed by atoms with E-state index in [4.69, 9.17) is 0 Å². The zero-order valence-corrected chi connectivity index (χ0v) is 37.3. The van der Waals surface area contributed by atoms with Gasteiger partial charge in [-0.15, -0.1) is 0 Å². The van der Waals surface area contributed by atoms with Crippen molar-refractivity contribution in [2.24, 2.45) is 46.3 Å². The topological polar surface area (TPSA) is 9.49 Å². The summed E-state index contributed by atoms with van der Waals surface area (Å²) in [5.74, 6) is 5.49. The molecule has 8 unspecified atom stereocenters. The number of fused-ring (bicyclic) bond motifs is 6. The second kappa shape index (κ2) is 16.4. The molecule has 0 aromatic carbocycles. The monoisotopic (exact) mass is 763 g/mol. The van der Waals surface area contributed by atoms with Crippen LogP contribution in [-0.4, -0.2) is 57.3 Å². The molecule has 56 heavy (non-hydrogen) atoms. The largest absolute Gasteiger partial charge is 0.371 e. The van der Waals surface area contributed by atoms with Crippen LogP contribution in [0.1, 0.15) is 196 Å². The molecule has 9 aliphatic rings. The molecule has 0 amide bonds. The summed E-state index contributed by atoms with van der Waals surface area (Å²) in [7, 11) is 0. The van der Waals surface area contributed by atoms with E-state index in [1.807, 2.05) is 0 Å². The van der Waals surface area contributed by atoms with E-state index in [1.54, 1.807) is 28.3 Å². The maximum atomic E-state index is 3.13. The molecule has 8 atom stereocenters. The van der Waals surface area contributed by atoms with Crippen molar-refractivity contribution in [1.82, 2.24) is 9.80 Å². The Bertz CT molecular complexity index is 1460. The van der Waals surface area contributed by atoms with E-state index < -0.39 is 0 Å². The van der Waals surface area contributed by atoms with E-state index >= 15 is 0 Å². The first kappa shape index (κ1) is 39.7. The molecule has 2 heterocycles. The van der Waals surface area contributed by atoms with Gasteiger partial charge in [0.15, 0.2) is 12.1 Å². The van der Waals surface area contributed by atoms with Crippen LogP contribution in [-0.2, 0) is 0 Å². The van der Waals surface area contributed by atoms with Crippen molar-refractivity contribution in [3.63, 3.8) is 0 Å². The molecule has 3 heteroatoms. The van der Waals surface area contributed by atoms with Crippen LogP contribution in [0.2, 0.25) is 0 Å². The average Bonchev–Trinajstić information content (AvgIpc) is 3.80. The van der Waals surface area contributed by atoms with E-state index in [0.717, 1.165) is 72.8 Å².